The summed E-state index contributed by atoms with van der Waals surface area (Å²) in [5.41, 5.74) is 0.149. The van der Waals surface area contributed by atoms with Gasteiger partial charge in [-0.3, -0.25) is 4.79 Å². The van der Waals surface area contributed by atoms with E-state index in [4.69, 9.17) is 18.6 Å². The van der Waals surface area contributed by atoms with Crippen LogP contribution in [-0.2, 0) is 25.1 Å². The van der Waals surface area contributed by atoms with Gasteiger partial charge in [-0.15, -0.1) is 0 Å². The molecule has 1 N–H and O–H groups in total. The van der Waals surface area contributed by atoms with Crippen molar-refractivity contribution in [3.63, 3.8) is 0 Å². The van der Waals surface area contributed by atoms with Crippen LogP contribution in [0.2, 0.25) is 0 Å². The maximum atomic E-state index is 12.6. The van der Waals surface area contributed by atoms with Crippen LogP contribution in [-0.4, -0.2) is 46.2 Å². The summed E-state index contributed by atoms with van der Waals surface area (Å²) in [5, 5.41) is 2.61. The van der Waals surface area contributed by atoms with Crippen molar-refractivity contribution in [1.29, 1.82) is 0 Å². The first-order valence-corrected chi connectivity index (χ1v) is 11.7. The van der Waals surface area contributed by atoms with Crippen molar-refractivity contribution in [3.05, 3.63) is 78.3 Å². The zero-order valence-corrected chi connectivity index (χ0v) is 18.2. The molecule has 0 bridgehead atoms. The lowest BCUT2D eigenvalue weighted by Crippen LogP contribution is -2.42. The Morgan fingerprint density at radius 2 is 1.73 bits per heavy atom. The fraction of sp³-hybridized carbons (Fsp3) is 0.217. The average Bonchev–Trinajstić information content (AvgIpc) is 3.29. The average molecular weight is 471 g/mol. The standard InChI is InChI=1S/C23H21NO8S/c25-21(24-12-17-13-30-19-8-4-5-9-20(19)32-17)14-31-23(26)22-16(10-11-29-22)15-33(27,28)18-6-2-1-3-7-18/h1-11,17H,12-15H2,(H,24,25). The van der Waals surface area contributed by atoms with Gasteiger partial charge in [0, 0.05) is 5.56 Å². The summed E-state index contributed by atoms with van der Waals surface area (Å²) in [6.07, 6.45) is 0.810. The maximum Gasteiger partial charge on any atom is 0.375 e. The van der Waals surface area contributed by atoms with Gasteiger partial charge < -0.3 is 23.9 Å². The van der Waals surface area contributed by atoms with Gasteiger partial charge in [0.15, 0.2) is 27.9 Å². The first kappa shape index (κ1) is 22.4. The number of benzene rings is 2. The molecule has 9 nitrogen and oxygen atoms in total. The third-order valence-corrected chi connectivity index (χ3v) is 6.49. The largest absolute Gasteiger partial charge is 0.486 e. The van der Waals surface area contributed by atoms with E-state index in [1.54, 1.807) is 30.3 Å². The van der Waals surface area contributed by atoms with Crippen LogP contribution in [0.3, 0.4) is 0 Å². The summed E-state index contributed by atoms with van der Waals surface area (Å²) in [4.78, 5) is 24.6. The minimum Gasteiger partial charge on any atom is -0.486 e. The molecule has 2 aromatic carbocycles. The molecular weight excluding hydrogens is 450 g/mol. The van der Waals surface area contributed by atoms with Crippen molar-refractivity contribution in [3.8, 4) is 11.5 Å². The number of sulfone groups is 1. The zero-order valence-electron chi connectivity index (χ0n) is 17.4. The number of amides is 1. The number of para-hydroxylation sites is 2. The first-order chi connectivity index (χ1) is 15.9. The summed E-state index contributed by atoms with van der Waals surface area (Å²) in [6, 6.07) is 16.5. The Hall–Kier alpha value is -3.79. The van der Waals surface area contributed by atoms with Gasteiger partial charge in [0.1, 0.15) is 12.7 Å². The smallest absolute Gasteiger partial charge is 0.375 e. The van der Waals surface area contributed by atoms with Crippen LogP contribution in [0.5, 0.6) is 11.5 Å². The van der Waals surface area contributed by atoms with Gasteiger partial charge in [-0.05, 0) is 30.3 Å². The third kappa shape index (κ3) is 5.53. The van der Waals surface area contributed by atoms with Crippen molar-refractivity contribution in [2.75, 3.05) is 19.8 Å². The lowest BCUT2D eigenvalue weighted by atomic mass is 10.2. The SMILES string of the molecule is O=C(COC(=O)c1occc1CS(=O)(=O)c1ccccc1)NCC1COc2ccccc2O1. The summed E-state index contributed by atoms with van der Waals surface area (Å²) in [7, 11) is -3.69. The van der Waals surface area contributed by atoms with E-state index in [-0.39, 0.29) is 35.5 Å². The number of furan rings is 1. The molecule has 1 atom stereocenters. The lowest BCUT2D eigenvalue weighted by molar-refractivity contribution is -0.124. The molecule has 1 aliphatic rings. The fourth-order valence-corrected chi connectivity index (χ4v) is 4.56. The van der Waals surface area contributed by atoms with Gasteiger partial charge in [-0.25, -0.2) is 13.2 Å². The number of hydrogen-bond acceptors (Lipinski definition) is 8. The molecule has 4 rings (SSSR count). The number of esters is 1. The van der Waals surface area contributed by atoms with Crippen molar-refractivity contribution in [1.82, 2.24) is 5.32 Å². The zero-order chi connectivity index (χ0) is 23.3. The summed E-state index contributed by atoms with van der Waals surface area (Å²) in [6.45, 7) is -0.136. The van der Waals surface area contributed by atoms with Crippen molar-refractivity contribution < 1.29 is 36.6 Å². The molecular formula is C23H21NO8S. The number of carbonyl (C=O) groups is 2. The van der Waals surface area contributed by atoms with E-state index in [1.807, 2.05) is 12.1 Å². The highest BCUT2D eigenvalue weighted by Gasteiger charge is 2.25. The van der Waals surface area contributed by atoms with Crippen LogP contribution in [0.4, 0.5) is 0 Å². The molecule has 0 saturated carbocycles. The highest BCUT2D eigenvalue weighted by molar-refractivity contribution is 7.90. The van der Waals surface area contributed by atoms with Gasteiger partial charge in [-0.1, -0.05) is 30.3 Å². The van der Waals surface area contributed by atoms with E-state index in [2.05, 4.69) is 5.32 Å². The van der Waals surface area contributed by atoms with E-state index in [1.165, 1.54) is 24.5 Å². The minimum atomic E-state index is -3.69. The van der Waals surface area contributed by atoms with E-state index in [0.717, 1.165) is 0 Å². The van der Waals surface area contributed by atoms with Crippen LogP contribution < -0.4 is 14.8 Å². The van der Waals surface area contributed by atoms with Gasteiger partial charge >= 0.3 is 5.97 Å². The number of carbonyl (C=O) groups excluding carboxylic acids is 2. The van der Waals surface area contributed by atoms with Gasteiger partial charge in [0.2, 0.25) is 5.76 Å². The van der Waals surface area contributed by atoms with Crippen LogP contribution in [0.15, 0.2) is 76.2 Å². The van der Waals surface area contributed by atoms with Gasteiger partial charge in [0.25, 0.3) is 5.91 Å². The second-order valence-electron chi connectivity index (χ2n) is 7.22. The number of rotatable bonds is 8. The van der Waals surface area contributed by atoms with Gasteiger partial charge in [-0.2, -0.15) is 0 Å². The molecule has 0 spiro atoms. The fourth-order valence-electron chi connectivity index (χ4n) is 3.18. The molecule has 0 aliphatic carbocycles. The van der Waals surface area contributed by atoms with E-state index >= 15 is 0 Å². The summed E-state index contributed by atoms with van der Waals surface area (Å²) >= 11 is 0. The molecule has 3 aromatic rings. The molecule has 1 amide bonds. The van der Waals surface area contributed by atoms with Gasteiger partial charge in [0.05, 0.1) is 23.5 Å². The molecule has 1 aliphatic heterocycles. The third-order valence-electron chi connectivity index (χ3n) is 4.81. The van der Waals surface area contributed by atoms with Crippen LogP contribution in [0, 0.1) is 0 Å². The number of hydrogen-bond donors (Lipinski definition) is 1. The Bertz CT molecular complexity index is 1240. The highest BCUT2D eigenvalue weighted by atomic mass is 32.2. The molecule has 33 heavy (non-hydrogen) atoms. The number of ether oxygens (including phenoxy) is 3. The Morgan fingerprint density at radius 1 is 1.00 bits per heavy atom. The second kappa shape index (κ2) is 9.78. The number of fused-ring (bicyclic) bond motifs is 1. The maximum absolute atomic E-state index is 12.6. The Labute approximate surface area is 190 Å². The molecule has 0 radical (unpaired) electrons. The Kier molecular flexibility index (Phi) is 6.64. The Balaban J connectivity index is 1.27. The molecule has 0 saturated heterocycles. The minimum absolute atomic E-state index is 0.126. The Morgan fingerprint density at radius 3 is 2.52 bits per heavy atom. The van der Waals surface area contributed by atoms with Crippen LogP contribution in [0.25, 0.3) is 0 Å². The molecule has 1 aromatic heterocycles. The first-order valence-electron chi connectivity index (χ1n) is 10.1. The van der Waals surface area contributed by atoms with Crippen molar-refractivity contribution in [2.45, 2.75) is 16.8 Å². The molecule has 1 unspecified atom stereocenters. The molecule has 0 fully saturated rings. The van der Waals surface area contributed by atoms with Crippen molar-refractivity contribution >= 4 is 21.7 Å². The topological polar surface area (TPSA) is 121 Å². The summed E-state index contributed by atoms with van der Waals surface area (Å²) < 4.78 is 46.6. The van der Waals surface area contributed by atoms with E-state index in [0.29, 0.717) is 11.5 Å². The molecule has 10 heteroatoms. The second-order valence-corrected chi connectivity index (χ2v) is 9.21. The van der Waals surface area contributed by atoms with Crippen LogP contribution in [0.1, 0.15) is 16.1 Å². The lowest BCUT2D eigenvalue weighted by Gasteiger charge is -2.26. The predicted molar refractivity (Wildman–Crippen MR) is 116 cm³/mol. The quantitative estimate of drug-likeness (QED) is 0.497. The number of nitrogens with one attached hydrogen (secondary N) is 1. The molecule has 2 heterocycles. The summed E-state index contributed by atoms with van der Waals surface area (Å²) in [5.74, 6) is -0.953. The normalized spacial score (nSPS) is 15.0. The van der Waals surface area contributed by atoms with E-state index in [9.17, 15) is 18.0 Å². The predicted octanol–water partition coefficient (Wildman–Crippen LogP) is 2.37. The van der Waals surface area contributed by atoms with Crippen molar-refractivity contribution in [2.24, 2.45) is 0 Å². The monoisotopic (exact) mass is 471 g/mol. The van der Waals surface area contributed by atoms with Crippen LogP contribution >= 0.6 is 0 Å². The van der Waals surface area contributed by atoms with E-state index < -0.39 is 34.1 Å². The molecule has 172 valence electrons. The highest BCUT2D eigenvalue weighted by Crippen LogP contribution is 2.30.